The van der Waals surface area contributed by atoms with Crippen molar-refractivity contribution in [3.05, 3.63) is 90.5 Å². The smallest absolute Gasteiger partial charge is 0.319 e. The number of halogens is 1. The van der Waals surface area contributed by atoms with Crippen molar-refractivity contribution in [1.29, 1.82) is 0 Å². The number of hydrogen-bond acceptors (Lipinski definition) is 4. The molecule has 3 aromatic rings. The number of carbonyl (C=O) groups excluding carboxylic acids is 1. The minimum Gasteiger partial charge on any atom is -0.336 e. The van der Waals surface area contributed by atoms with E-state index >= 15 is 0 Å². The van der Waals surface area contributed by atoms with Crippen LogP contribution in [0.4, 0.5) is 14.9 Å². The van der Waals surface area contributed by atoms with E-state index < -0.39 is 26.9 Å². The lowest BCUT2D eigenvalue weighted by atomic mass is 10.2. The number of sulfone groups is 1. The minimum atomic E-state index is -3.89. The Kier molecular flexibility index (Phi) is 6.00. The van der Waals surface area contributed by atoms with E-state index in [0.29, 0.717) is 11.3 Å². The highest BCUT2D eigenvalue weighted by Gasteiger charge is 2.30. The molecule has 0 aliphatic carbocycles. The van der Waals surface area contributed by atoms with Crippen molar-refractivity contribution in [3.8, 4) is 0 Å². The van der Waals surface area contributed by atoms with Crippen molar-refractivity contribution in [3.63, 3.8) is 0 Å². The summed E-state index contributed by atoms with van der Waals surface area (Å²) in [5, 5.41) is 4.15. The predicted octanol–water partition coefficient (Wildman–Crippen LogP) is 3.56. The number of pyridine rings is 1. The Hall–Kier alpha value is -3.26. The first kappa shape index (κ1) is 19.5. The van der Waals surface area contributed by atoms with Gasteiger partial charge in [-0.25, -0.2) is 17.6 Å². The number of benzene rings is 2. The summed E-state index contributed by atoms with van der Waals surface area (Å²) >= 11 is 0. The molecule has 0 fully saturated rings. The maximum atomic E-state index is 13.2. The van der Waals surface area contributed by atoms with Crippen LogP contribution in [-0.4, -0.2) is 26.0 Å². The number of rotatable bonds is 6. The van der Waals surface area contributed by atoms with E-state index in [4.69, 9.17) is 0 Å². The summed E-state index contributed by atoms with van der Waals surface area (Å²) in [4.78, 5) is 16.1. The first-order chi connectivity index (χ1) is 13.5. The second-order valence-corrected chi connectivity index (χ2v) is 8.11. The first-order valence-electron chi connectivity index (χ1n) is 8.46. The SMILES string of the molecule is O=C(NC[C@H](c1cccnc1)S(=O)(=O)c1ccc(F)cc1)Nc1ccccc1. The molecule has 0 aliphatic heterocycles. The monoisotopic (exact) mass is 399 g/mol. The van der Waals surface area contributed by atoms with E-state index in [1.54, 1.807) is 36.4 Å². The topological polar surface area (TPSA) is 88.2 Å². The Morgan fingerprint density at radius 2 is 1.71 bits per heavy atom. The van der Waals surface area contributed by atoms with Crippen LogP contribution in [0.3, 0.4) is 0 Å². The molecule has 1 heterocycles. The average molecular weight is 399 g/mol. The fourth-order valence-corrected chi connectivity index (χ4v) is 4.29. The van der Waals surface area contributed by atoms with Gasteiger partial charge in [0.05, 0.1) is 4.90 Å². The molecule has 6 nitrogen and oxygen atoms in total. The largest absolute Gasteiger partial charge is 0.336 e. The summed E-state index contributed by atoms with van der Waals surface area (Å²) in [6, 6.07) is 16.1. The van der Waals surface area contributed by atoms with E-state index in [-0.39, 0.29) is 11.4 Å². The number of aromatic nitrogens is 1. The summed E-state index contributed by atoms with van der Waals surface area (Å²) in [5.74, 6) is -0.530. The Morgan fingerprint density at radius 1 is 1.00 bits per heavy atom. The Balaban J connectivity index is 1.82. The maximum Gasteiger partial charge on any atom is 0.319 e. The van der Waals surface area contributed by atoms with Crippen LogP contribution in [0.1, 0.15) is 10.8 Å². The number of anilines is 1. The molecule has 2 aromatic carbocycles. The standard InChI is InChI=1S/C20H18FN3O3S/c21-16-8-10-18(11-9-16)28(26,27)19(15-5-4-12-22-13-15)14-23-20(25)24-17-6-2-1-3-7-17/h1-13,19H,14H2,(H2,23,24,25)/t19-/m1/s1. The Labute approximate surface area is 162 Å². The van der Waals surface area contributed by atoms with Crippen LogP contribution in [0.25, 0.3) is 0 Å². The van der Waals surface area contributed by atoms with Crippen LogP contribution < -0.4 is 10.6 Å². The zero-order valence-electron chi connectivity index (χ0n) is 14.7. The van der Waals surface area contributed by atoms with Gasteiger partial charge in [-0.05, 0) is 48.0 Å². The zero-order valence-corrected chi connectivity index (χ0v) is 15.6. The van der Waals surface area contributed by atoms with Gasteiger partial charge in [0.1, 0.15) is 11.1 Å². The van der Waals surface area contributed by atoms with Crippen molar-refractivity contribution in [2.45, 2.75) is 10.1 Å². The van der Waals surface area contributed by atoms with Crippen LogP contribution >= 0.6 is 0 Å². The zero-order chi connectivity index (χ0) is 20.0. The quantitative estimate of drug-likeness (QED) is 0.621. The fourth-order valence-electron chi connectivity index (χ4n) is 2.64. The van der Waals surface area contributed by atoms with Crippen molar-refractivity contribution >= 4 is 21.6 Å². The third kappa shape index (κ3) is 4.72. The van der Waals surface area contributed by atoms with E-state index in [1.165, 1.54) is 24.5 Å². The van der Waals surface area contributed by atoms with Crippen LogP contribution in [0, 0.1) is 5.82 Å². The van der Waals surface area contributed by atoms with E-state index in [2.05, 4.69) is 15.6 Å². The van der Waals surface area contributed by atoms with E-state index in [0.717, 1.165) is 12.1 Å². The molecule has 0 saturated heterocycles. The maximum absolute atomic E-state index is 13.2. The van der Waals surface area contributed by atoms with Gasteiger partial charge in [0.25, 0.3) is 0 Å². The highest BCUT2D eigenvalue weighted by atomic mass is 32.2. The van der Waals surface area contributed by atoms with Crippen molar-refractivity contribution < 1.29 is 17.6 Å². The summed E-state index contributed by atoms with van der Waals surface area (Å²) in [7, 11) is -3.89. The molecule has 0 radical (unpaired) electrons. The highest BCUT2D eigenvalue weighted by molar-refractivity contribution is 7.91. The summed E-state index contributed by atoms with van der Waals surface area (Å²) in [6.45, 7) is -0.177. The molecule has 144 valence electrons. The molecule has 0 saturated carbocycles. The van der Waals surface area contributed by atoms with Crippen LogP contribution in [-0.2, 0) is 9.84 Å². The Bertz CT molecular complexity index is 1030. The van der Waals surface area contributed by atoms with E-state index in [9.17, 15) is 17.6 Å². The predicted molar refractivity (Wildman–Crippen MR) is 104 cm³/mol. The highest BCUT2D eigenvalue weighted by Crippen LogP contribution is 2.28. The van der Waals surface area contributed by atoms with Gasteiger partial charge in [-0.15, -0.1) is 0 Å². The molecule has 2 N–H and O–H groups in total. The van der Waals surface area contributed by atoms with Gasteiger partial charge in [0.2, 0.25) is 0 Å². The van der Waals surface area contributed by atoms with E-state index in [1.807, 2.05) is 6.07 Å². The molecule has 2 amide bonds. The molecule has 1 aromatic heterocycles. The summed E-state index contributed by atoms with van der Waals surface area (Å²) in [5.41, 5.74) is 1.01. The van der Waals surface area contributed by atoms with Gasteiger partial charge >= 0.3 is 6.03 Å². The molecule has 3 rings (SSSR count). The van der Waals surface area contributed by atoms with Crippen molar-refractivity contribution in [1.82, 2.24) is 10.3 Å². The molecule has 8 heteroatoms. The number of amides is 2. The Morgan fingerprint density at radius 3 is 2.36 bits per heavy atom. The second kappa shape index (κ2) is 8.62. The molecule has 0 unspecified atom stereocenters. The number of nitrogens with one attached hydrogen (secondary N) is 2. The number of hydrogen-bond donors (Lipinski definition) is 2. The van der Waals surface area contributed by atoms with Crippen LogP contribution in [0.2, 0.25) is 0 Å². The van der Waals surface area contributed by atoms with Gasteiger partial charge < -0.3 is 10.6 Å². The lowest BCUT2D eigenvalue weighted by Crippen LogP contribution is -2.35. The third-order valence-corrected chi connectivity index (χ3v) is 6.17. The van der Waals surface area contributed by atoms with Gasteiger partial charge in [0, 0.05) is 24.6 Å². The normalized spacial score (nSPS) is 12.2. The van der Waals surface area contributed by atoms with Gasteiger partial charge in [-0.3, -0.25) is 4.98 Å². The molecular formula is C20H18FN3O3S. The summed E-state index contributed by atoms with van der Waals surface area (Å²) < 4.78 is 39.4. The molecule has 28 heavy (non-hydrogen) atoms. The first-order valence-corrected chi connectivity index (χ1v) is 10.0. The summed E-state index contributed by atoms with van der Waals surface area (Å²) in [6.07, 6.45) is 2.96. The van der Waals surface area contributed by atoms with Crippen LogP contribution in [0.15, 0.2) is 84.0 Å². The average Bonchev–Trinajstić information content (AvgIpc) is 2.70. The van der Waals surface area contributed by atoms with Gasteiger partial charge in [-0.2, -0.15) is 0 Å². The molecule has 0 spiro atoms. The molecular weight excluding hydrogens is 381 g/mol. The van der Waals surface area contributed by atoms with Crippen molar-refractivity contribution in [2.75, 3.05) is 11.9 Å². The molecule has 0 aliphatic rings. The fraction of sp³-hybridized carbons (Fsp3) is 0.100. The van der Waals surface area contributed by atoms with Crippen LogP contribution in [0.5, 0.6) is 0 Å². The number of nitrogens with zero attached hydrogens (tertiary/aromatic N) is 1. The van der Waals surface area contributed by atoms with Gasteiger partial charge in [0.15, 0.2) is 9.84 Å². The number of urea groups is 1. The molecule has 1 atom stereocenters. The number of para-hydroxylation sites is 1. The minimum absolute atomic E-state index is 0.0342. The third-order valence-electron chi connectivity index (χ3n) is 4.05. The lowest BCUT2D eigenvalue weighted by molar-refractivity contribution is 0.252. The molecule has 0 bridgehead atoms. The number of carbonyl (C=O) groups is 1. The second-order valence-electron chi connectivity index (χ2n) is 5.97. The van der Waals surface area contributed by atoms with Crippen molar-refractivity contribution in [2.24, 2.45) is 0 Å². The van der Waals surface area contributed by atoms with Gasteiger partial charge in [-0.1, -0.05) is 24.3 Å². The lowest BCUT2D eigenvalue weighted by Gasteiger charge is -2.19.